The number of carbonyl (C=O) groups excluding carboxylic acids is 2. The van der Waals surface area contributed by atoms with E-state index in [-0.39, 0.29) is 0 Å². The molecule has 108 valence electrons. The van der Waals surface area contributed by atoms with Crippen LogP contribution < -0.4 is 10.5 Å². The van der Waals surface area contributed by atoms with Gasteiger partial charge < -0.3 is 15.2 Å². The Morgan fingerprint density at radius 3 is 3.05 bits per heavy atom. The number of aldehydes is 1. The number of nitrogens with zero attached hydrogens (tertiary/aromatic N) is 1. The number of rotatable bonds is 5. The van der Waals surface area contributed by atoms with E-state index in [4.69, 9.17) is 15.2 Å². The number of primary amides is 1. The van der Waals surface area contributed by atoms with Gasteiger partial charge in [-0.15, -0.1) is 0 Å². The van der Waals surface area contributed by atoms with Crippen molar-refractivity contribution in [2.75, 3.05) is 26.9 Å². The summed E-state index contributed by atoms with van der Waals surface area (Å²) in [5, 5.41) is 0. The van der Waals surface area contributed by atoms with Crippen LogP contribution in [0.4, 0.5) is 0 Å². The fourth-order valence-corrected chi connectivity index (χ4v) is 2.30. The number of morpholine rings is 1. The van der Waals surface area contributed by atoms with Gasteiger partial charge in [0.1, 0.15) is 18.1 Å². The summed E-state index contributed by atoms with van der Waals surface area (Å²) in [4.78, 5) is 24.3. The fraction of sp³-hybridized carbons (Fsp3) is 0.429. The molecule has 6 nitrogen and oxygen atoms in total. The van der Waals surface area contributed by atoms with Crippen LogP contribution in [-0.2, 0) is 16.1 Å². The molecule has 1 amide bonds. The molecule has 20 heavy (non-hydrogen) atoms. The molecule has 1 aliphatic rings. The quantitative estimate of drug-likeness (QED) is 0.778. The van der Waals surface area contributed by atoms with Gasteiger partial charge in [-0.2, -0.15) is 0 Å². The van der Waals surface area contributed by atoms with Gasteiger partial charge in [-0.05, 0) is 18.2 Å². The Balaban J connectivity index is 2.22. The molecule has 2 N–H and O–H groups in total. The molecule has 0 aliphatic carbocycles. The average Bonchev–Trinajstić information content (AvgIpc) is 2.47. The van der Waals surface area contributed by atoms with Crippen molar-refractivity contribution in [1.29, 1.82) is 0 Å². The summed E-state index contributed by atoms with van der Waals surface area (Å²) in [5.41, 5.74) is 6.82. The van der Waals surface area contributed by atoms with Crippen LogP contribution in [0.2, 0.25) is 0 Å². The predicted octanol–water partition coefficient (Wildman–Crippen LogP) is 0.194. The van der Waals surface area contributed by atoms with Crippen LogP contribution in [0.3, 0.4) is 0 Å². The summed E-state index contributed by atoms with van der Waals surface area (Å²) < 4.78 is 10.6. The predicted molar refractivity (Wildman–Crippen MR) is 72.6 cm³/mol. The standard InChI is InChI=1S/C14H18N2O4/c1-19-13-3-2-10(8-17)6-11(13)7-16-4-5-20-9-12(16)14(15)18/h2-3,6,8,12H,4-5,7,9H2,1H3,(H2,15,18). The Morgan fingerprint density at radius 2 is 2.40 bits per heavy atom. The molecule has 1 fully saturated rings. The van der Waals surface area contributed by atoms with Crippen molar-refractivity contribution in [1.82, 2.24) is 4.90 Å². The van der Waals surface area contributed by atoms with Crippen LogP contribution in [-0.4, -0.2) is 50.0 Å². The van der Waals surface area contributed by atoms with E-state index < -0.39 is 11.9 Å². The number of amides is 1. The van der Waals surface area contributed by atoms with Crippen molar-refractivity contribution in [2.24, 2.45) is 5.73 Å². The van der Waals surface area contributed by atoms with Crippen molar-refractivity contribution in [3.05, 3.63) is 29.3 Å². The van der Waals surface area contributed by atoms with E-state index in [0.29, 0.717) is 37.6 Å². The lowest BCUT2D eigenvalue weighted by molar-refractivity contribution is -0.129. The van der Waals surface area contributed by atoms with Crippen molar-refractivity contribution in [3.8, 4) is 5.75 Å². The Labute approximate surface area is 117 Å². The van der Waals surface area contributed by atoms with E-state index in [1.54, 1.807) is 25.3 Å². The third-order valence-corrected chi connectivity index (χ3v) is 3.38. The van der Waals surface area contributed by atoms with Gasteiger partial charge in [-0.3, -0.25) is 14.5 Å². The summed E-state index contributed by atoms with van der Waals surface area (Å²) in [5.74, 6) is 0.278. The minimum atomic E-state index is -0.451. The Morgan fingerprint density at radius 1 is 1.60 bits per heavy atom. The fourth-order valence-electron chi connectivity index (χ4n) is 2.30. The van der Waals surface area contributed by atoms with Crippen LogP contribution in [0.5, 0.6) is 5.75 Å². The molecule has 2 rings (SSSR count). The smallest absolute Gasteiger partial charge is 0.237 e. The zero-order valence-corrected chi connectivity index (χ0v) is 11.4. The highest BCUT2D eigenvalue weighted by Gasteiger charge is 2.28. The van der Waals surface area contributed by atoms with Gasteiger partial charge in [0.2, 0.25) is 5.91 Å². The van der Waals surface area contributed by atoms with Crippen LogP contribution in [0.15, 0.2) is 18.2 Å². The largest absolute Gasteiger partial charge is 0.496 e. The number of ether oxygens (including phenoxy) is 2. The highest BCUT2D eigenvalue weighted by atomic mass is 16.5. The summed E-state index contributed by atoms with van der Waals surface area (Å²) in [6.07, 6.45) is 0.786. The maximum absolute atomic E-state index is 11.4. The van der Waals surface area contributed by atoms with Gasteiger partial charge in [0.05, 0.1) is 20.3 Å². The Kier molecular flexibility index (Phi) is 4.70. The second-order valence-electron chi connectivity index (χ2n) is 4.65. The van der Waals surface area contributed by atoms with Crippen LogP contribution in [0, 0.1) is 0 Å². The maximum atomic E-state index is 11.4. The molecule has 0 spiro atoms. The number of hydrogen-bond acceptors (Lipinski definition) is 5. The number of benzene rings is 1. The summed E-state index contributed by atoms with van der Waals surface area (Å²) in [7, 11) is 1.57. The molecule has 1 atom stereocenters. The maximum Gasteiger partial charge on any atom is 0.237 e. The summed E-state index contributed by atoms with van der Waals surface area (Å²) >= 11 is 0. The van der Waals surface area contributed by atoms with Gasteiger partial charge in [-0.1, -0.05) is 0 Å². The molecular weight excluding hydrogens is 260 g/mol. The first-order chi connectivity index (χ1) is 9.65. The molecule has 1 aliphatic heterocycles. The lowest BCUT2D eigenvalue weighted by Crippen LogP contribution is -2.51. The first-order valence-corrected chi connectivity index (χ1v) is 6.39. The van der Waals surface area contributed by atoms with Gasteiger partial charge in [-0.25, -0.2) is 0 Å². The van der Waals surface area contributed by atoms with Crippen molar-refractivity contribution < 1.29 is 19.1 Å². The molecule has 0 saturated carbocycles. The monoisotopic (exact) mass is 278 g/mol. The second kappa shape index (κ2) is 6.49. The first kappa shape index (κ1) is 14.5. The number of hydrogen-bond donors (Lipinski definition) is 1. The van der Waals surface area contributed by atoms with E-state index in [9.17, 15) is 9.59 Å². The molecule has 1 unspecified atom stereocenters. The summed E-state index contributed by atoms with van der Waals surface area (Å²) in [6, 6.07) is 4.76. The minimum Gasteiger partial charge on any atom is -0.496 e. The normalized spacial score (nSPS) is 19.6. The van der Waals surface area contributed by atoms with Gasteiger partial charge >= 0.3 is 0 Å². The SMILES string of the molecule is COc1ccc(C=O)cc1CN1CCOCC1C(N)=O. The second-order valence-corrected chi connectivity index (χ2v) is 4.65. The molecule has 1 saturated heterocycles. The summed E-state index contributed by atoms with van der Waals surface area (Å²) in [6.45, 7) is 1.95. The van der Waals surface area contributed by atoms with Crippen LogP contribution >= 0.6 is 0 Å². The molecule has 0 aromatic heterocycles. The van der Waals surface area contributed by atoms with Crippen LogP contribution in [0.1, 0.15) is 15.9 Å². The van der Waals surface area contributed by atoms with Crippen molar-refractivity contribution in [2.45, 2.75) is 12.6 Å². The van der Waals surface area contributed by atoms with E-state index in [2.05, 4.69) is 0 Å². The van der Waals surface area contributed by atoms with Crippen molar-refractivity contribution >= 4 is 12.2 Å². The van der Waals surface area contributed by atoms with Gasteiger partial charge in [0.15, 0.2) is 0 Å². The molecule has 0 radical (unpaired) electrons. The van der Waals surface area contributed by atoms with E-state index in [1.165, 1.54) is 0 Å². The third kappa shape index (κ3) is 3.15. The highest BCUT2D eigenvalue weighted by molar-refractivity contribution is 5.80. The molecule has 1 aromatic rings. The third-order valence-electron chi connectivity index (χ3n) is 3.38. The van der Waals surface area contributed by atoms with Crippen LogP contribution in [0.25, 0.3) is 0 Å². The molecular formula is C14H18N2O4. The van der Waals surface area contributed by atoms with E-state index in [1.807, 2.05) is 4.90 Å². The zero-order chi connectivity index (χ0) is 14.5. The topological polar surface area (TPSA) is 81.9 Å². The lowest BCUT2D eigenvalue weighted by Gasteiger charge is -2.33. The van der Waals surface area contributed by atoms with Gasteiger partial charge in [0.25, 0.3) is 0 Å². The van der Waals surface area contributed by atoms with Crippen molar-refractivity contribution in [3.63, 3.8) is 0 Å². The van der Waals surface area contributed by atoms with E-state index >= 15 is 0 Å². The lowest BCUT2D eigenvalue weighted by atomic mass is 10.1. The number of carbonyl (C=O) groups is 2. The molecule has 0 bridgehead atoms. The average molecular weight is 278 g/mol. The molecule has 1 aromatic carbocycles. The van der Waals surface area contributed by atoms with Gasteiger partial charge in [0, 0.05) is 24.2 Å². The minimum absolute atomic E-state index is 0.297. The molecule has 1 heterocycles. The zero-order valence-electron chi connectivity index (χ0n) is 11.4. The highest BCUT2D eigenvalue weighted by Crippen LogP contribution is 2.22. The Hall–Kier alpha value is -1.92. The molecule has 6 heteroatoms. The van der Waals surface area contributed by atoms with E-state index in [0.717, 1.165) is 11.8 Å². The first-order valence-electron chi connectivity index (χ1n) is 6.39. The number of nitrogens with two attached hydrogens (primary N) is 1. The Bertz CT molecular complexity index is 504. The number of methoxy groups -OCH3 is 1.